The maximum atomic E-state index is 12.2. The maximum Gasteiger partial charge on any atom is 0.158 e. The summed E-state index contributed by atoms with van der Waals surface area (Å²) in [5.74, 6) is 0.329. The number of carbonyl (C=O) groups is 1. The van der Waals surface area contributed by atoms with Gasteiger partial charge in [0, 0.05) is 6.42 Å². The first-order chi connectivity index (χ1) is 19.3. The van der Waals surface area contributed by atoms with Gasteiger partial charge in [-0.15, -0.1) is 0 Å². The molecule has 1 aliphatic rings. The van der Waals surface area contributed by atoms with Crippen LogP contribution < -0.4 is 0 Å². The third kappa shape index (κ3) is 16.0. The summed E-state index contributed by atoms with van der Waals surface area (Å²) < 4.78 is 0. The van der Waals surface area contributed by atoms with E-state index in [9.17, 15) is 4.79 Å². The molecule has 0 spiro atoms. The van der Waals surface area contributed by atoms with E-state index < -0.39 is 0 Å². The Morgan fingerprint density at radius 2 is 1.15 bits per heavy atom. The monoisotopic (exact) mass is 552 g/mol. The predicted molar refractivity (Wildman–Crippen MR) is 184 cm³/mol. The second-order valence-corrected chi connectivity index (χ2v) is 12.5. The lowest BCUT2D eigenvalue weighted by atomic mass is 9.70. The minimum Gasteiger partial charge on any atom is -0.295 e. The molecule has 1 heteroatoms. The van der Waals surface area contributed by atoms with Gasteiger partial charge in [-0.3, -0.25) is 4.79 Å². The summed E-state index contributed by atoms with van der Waals surface area (Å²) in [6.45, 7) is 21.6. The minimum absolute atomic E-state index is 0.136. The van der Waals surface area contributed by atoms with Gasteiger partial charge in [0.2, 0.25) is 0 Å². The Bertz CT molecular complexity index is 1220. The molecule has 0 N–H and O–H groups in total. The van der Waals surface area contributed by atoms with Crippen LogP contribution in [-0.4, -0.2) is 5.78 Å². The highest BCUT2D eigenvalue weighted by Gasteiger charge is 2.31. The van der Waals surface area contributed by atoms with E-state index in [2.05, 4.69) is 147 Å². The Morgan fingerprint density at radius 3 is 1.66 bits per heavy atom. The summed E-state index contributed by atoms with van der Waals surface area (Å²) in [6.07, 6.45) is 35.9. The van der Waals surface area contributed by atoms with Crippen LogP contribution in [0.4, 0.5) is 0 Å². The van der Waals surface area contributed by atoms with E-state index in [0.717, 1.165) is 37.7 Å². The van der Waals surface area contributed by atoms with Gasteiger partial charge in [0.15, 0.2) is 5.78 Å². The summed E-state index contributed by atoms with van der Waals surface area (Å²) in [5.41, 5.74) is 10.2. The Morgan fingerprint density at radius 1 is 0.683 bits per heavy atom. The van der Waals surface area contributed by atoms with Crippen molar-refractivity contribution in [2.75, 3.05) is 0 Å². The number of hydrogen-bond acceptors (Lipinski definition) is 1. The molecule has 0 fully saturated rings. The normalized spacial score (nSPS) is 18.2. The lowest BCUT2D eigenvalue weighted by molar-refractivity contribution is -0.116. The van der Waals surface area contributed by atoms with Gasteiger partial charge in [0.05, 0.1) is 0 Å². The van der Waals surface area contributed by atoms with Gasteiger partial charge >= 0.3 is 0 Å². The fourth-order valence-electron chi connectivity index (χ4n) is 4.70. The van der Waals surface area contributed by atoms with Crippen LogP contribution in [0.3, 0.4) is 0 Å². The zero-order chi connectivity index (χ0) is 30.8. The SMILES string of the molecule is CC(C)=CCC/C(C)=C/C=C/C(C)=C/C=C/C(C)=C/C=C/C=C(C)/C=C/C=C(\C)CCC1=C(C)C(=O)CCC1(C)C. The van der Waals surface area contributed by atoms with E-state index in [4.69, 9.17) is 0 Å². The summed E-state index contributed by atoms with van der Waals surface area (Å²) >= 11 is 0. The molecule has 0 amide bonds. The fraction of sp³-hybridized carbons (Fsp3) is 0.425. The molecule has 0 aromatic rings. The highest BCUT2D eigenvalue weighted by atomic mass is 16.1. The Kier molecular flexibility index (Phi) is 16.6. The fourth-order valence-corrected chi connectivity index (χ4v) is 4.70. The van der Waals surface area contributed by atoms with Crippen molar-refractivity contribution >= 4 is 5.78 Å². The van der Waals surface area contributed by atoms with Crippen LogP contribution >= 0.6 is 0 Å². The number of rotatable bonds is 14. The van der Waals surface area contributed by atoms with Gasteiger partial charge in [0.25, 0.3) is 0 Å². The second kappa shape index (κ2) is 19.0. The van der Waals surface area contributed by atoms with Gasteiger partial charge in [-0.1, -0.05) is 138 Å². The van der Waals surface area contributed by atoms with Crippen LogP contribution in [0, 0.1) is 5.41 Å². The summed E-state index contributed by atoms with van der Waals surface area (Å²) in [7, 11) is 0. The van der Waals surface area contributed by atoms with E-state index in [1.54, 1.807) is 0 Å². The average molecular weight is 553 g/mol. The topological polar surface area (TPSA) is 17.1 Å². The molecule has 0 unspecified atom stereocenters. The molecule has 1 aliphatic carbocycles. The molecule has 0 saturated heterocycles. The van der Waals surface area contributed by atoms with Crippen molar-refractivity contribution in [1.82, 2.24) is 0 Å². The first-order valence-electron chi connectivity index (χ1n) is 15.2. The second-order valence-electron chi connectivity index (χ2n) is 12.5. The molecular formula is C40H56O. The number of allylic oxidation sites excluding steroid dienone is 22. The summed E-state index contributed by atoms with van der Waals surface area (Å²) in [6, 6.07) is 0. The van der Waals surface area contributed by atoms with Crippen LogP contribution in [0.1, 0.15) is 108 Å². The largest absolute Gasteiger partial charge is 0.295 e. The molecule has 0 saturated carbocycles. The minimum atomic E-state index is 0.136. The highest BCUT2D eigenvalue weighted by Crippen LogP contribution is 2.41. The lowest BCUT2D eigenvalue weighted by Crippen LogP contribution is -2.25. The van der Waals surface area contributed by atoms with Gasteiger partial charge < -0.3 is 0 Å². The van der Waals surface area contributed by atoms with Crippen molar-refractivity contribution in [3.05, 3.63) is 130 Å². The highest BCUT2D eigenvalue weighted by molar-refractivity contribution is 5.96. The first-order valence-corrected chi connectivity index (χ1v) is 15.2. The van der Waals surface area contributed by atoms with Crippen molar-refractivity contribution in [2.24, 2.45) is 5.41 Å². The third-order valence-corrected chi connectivity index (χ3v) is 7.55. The van der Waals surface area contributed by atoms with Gasteiger partial charge in [-0.2, -0.15) is 0 Å². The number of ketones is 1. The van der Waals surface area contributed by atoms with Crippen LogP contribution in [-0.2, 0) is 4.79 Å². The van der Waals surface area contributed by atoms with Gasteiger partial charge in [-0.25, -0.2) is 0 Å². The molecule has 0 bridgehead atoms. The van der Waals surface area contributed by atoms with Crippen molar-refractivity contribution in [3.63, 3.8) is 0 Å². The number of Topliss-reactive ketones (excluding diaryl/α,β-unsaturated/α-hetero) is 1. The lowest BCUT2D eigenvalue weighted by Gasteiger charge is -2.34. The number of hydrogen-bond donors (Lipinski definition) is 0. The first kappa shape index (κ1) is 35.8. The quantitative estimate of drug-likeness (QED) is 0.155. The maximum absolute atomic E-state index is 12.2. The van der Waals surface area contributed by atoms with Crippen molar-refractivity contribution in [3.8, 4) is 0 Å². The molecule has 0 aromatic carbocycles. The molecule has 0 aliphatic heterocycles. The van der Waals surface area contributed by atoms with Crippen molar-refractivity contribution < 1.29 is 4.79 Å². The Hall–Kier alpha value is -3.19. The van der Waals surface area contributed by atoms with Crippen LogP contribution in [0.15, 0.2) is 130 Å². The predicted octanol–water partition coefficient (Wildman–Crippen LogP) is 12.2. The molecule has 1 rings (SSSR count). The van der Waals surface area contributed by atoms with E-state index in [1.807, 2.05) is 6.92 Å². The van der Waals surface area contributed by atoms with E-state index in [-0.39, 0.29) is 5.41 Å². The molecule has 222 valence electrons. The van der Waals surface area contributed by atoms with Crippen LogP contribution in [0.2, 0.25) is 0 Å². The molecule has 0 aromatic heterocycles. The van der Waals surface area contributed by atoms with Crippen LogP contribution in [0.25, 0.3) is 0 Å². The van der Waals surface area contributed by atoms with Crippen LogP contribution in [0.5, 0.6) is 0 Å². The molecule has 0 radical (unpaired) electrons. The van der Waals surface area contributed by atoms with Gasteiger partial charge in [0.1, 0.15) is 0 Å². The summed E-state index contributed by atoms with van der Waals surface area (Å²) in [5, 5.41) is 0. The zero-order valence-electron chi connectivity index (χ0n) is 27.7. The van der Waals surface area contributed by atoms with E-state index >= 15 is 0 Å². The number of carbonyl (C=O) groups excluding carboxylic acids is 1. The van der Waals surface area contributed by atoms with Gasteiger partial charge in [-0.05, 0) is 98.5 Å². The molecule has 0 atom stereocenters. The third-order valence-electron chi connectivity index (χ3n) is 7.55. The standard InChI is InChI=1S/C40H56O/c1-31(2)17-13-20-34(5)23-15-25-35(6)24-14-21-32(3)18-11-12-19-33(4)22-16-26-36(7)27-28-38-37(8)39(41)29-30-40(38,9)10/h11-12,14-19,21-26H,13,20,27-30H2,1-10H3/b12-11+,21-14+,22-16+,25-15+,32-18+,33-19+,34-23+,35-24+,36-26+. The Labute approximate surface area is 253 Å². The van der Waals surface area contributed by atoms with E-state index in [1.165, 1.54) is 39.0 Å². The molecule has 41 heavy (non-hydrogen) atoms. The zero-order valence-corrected chi connectivity index (χ0v) is 27.7. The van der Waals surface area contributed by atoms with Crippen molar-refractivity contribution in [1.29, 1.82) is 0 Å². The Balaban J connectivity index is 2.56. The van der Waals surface area contributed by atoms with Crippen molar-refractivity contribution in [2.45, 2.75) is 108 Å². The summed E-state index contributed by atoms with van der Waals surface area (Å²) in [4.78, 5) is 12.2. The smallest absolute Gasteiger partial charge is 0.158 e. The molecular weight excluding hydrogens is 496 g/mol. The molecule has 1 nitrogen and oxygen atoms in total. The molecule has 0 heterocycles. The average Bonchev–Trinajstić information content (AvgIpc) is 2.88. The van der Waals surface area contributed by atoms with E-state index in [0.29, 0.717) is 12.2 Å².